The normalized spacial score (nSPS) is 16.9. The highest BCUT2D eigenvalue weighted by Crippen LogP contribution is 2.42. The molecule has 1 atom stereocenters. The monoisotopic (exact) mass is 673 g/mol. The largest absolute Gasteiger partial charge is 0.439 e. The van der Waals surface area contributed by atoms with Crippen LogP contribution in [0.1, 0.15) is 33.1 Å². The van der Waals surface area contributed by atoms with Crippen molar-refractivity contribution in [1.82, 2.24) is 0 Å². The Labute approximate surface area is 269 Å². The van der Waals surface area contributed by atoms with E-state index in [4.69, 9.17) is 25.6 Å². The summed E-state index contributed by atoms with van der Waals surface area (Å²) in [4.78, 5) is 6.27. The molecule has 13 heteroatoms. The molecule has 10 nitrogen and oxygen atoms in total. The van der Waals surface area contributed by atoms with Crippen molar-refractivity contribution in [2.75, 3.05) is 23.7 Å². The van der Waals surface area contributed by atoms with Crippen molar-refractivity contribution in [1.29, 1.82) is 0 Å². The van der Waals surface area contributed by atoms with Crippen LogP contribution in [0.4, 0.5) is 5.69 Å². The van der Waals surface area contributed by atoms with E-state index in [1.54, 1.807) is 24.3 Å². The van der Waals surface area contributed by atoms with Crippen LogP contribution in [0.2, 0.25) is 0 Å². The molecule has 1 heterocycles. The van der Waals surface area contributed by atoms with E-state index in [-0.39, 0.29) is 31.8 Å². The van der Waals surface area contributed by atoms with Gasteiger partial charge in [0.15, 0.2) is 10.8 Å². The van der Waals surface area contributed by atoms with Crippen LogP contribution in [0.25, 0.3) is 11.1 Å². The number of aliphatic imine (C=N–C) groups is 1. The van der Waals surface area contributed by atoms with Gasteiger partial charge in [-0.2, -0.15) is 16.8 Å². The molecular weight excluding hydrogens is 640 g/mol. The minimum absolute atomic E-state index is 0.0661. The number of hydrogen-bond donors (Lipinski definition) is 2. The highest BCUT2D eigenvalue weighted by atomic mass is 35.5. The molecule has 2 aromatic rings. The van der Waals surface area contributed by atoms with E-state index >= 15 is 0 Å². The maximum Gasteiger partial charge on any atom is 0.296 e. The van der Waals surface area contributed by atoms with Crippen LogP contribution >= 0.6 is 11.6 Å². The van der Waals surface area contributed by atoms with Crippen molar-refractivity contribution < 1.29 is 35.4 Å². The number of halogens is 1. The smallest absolute Gasteiger partial charge is 0.296 e. The van der Waals surface area contributed by atoms with Gasteiger partial charge >= 0.3 is 0 Å². The highest BCUT2D eigenvalue weighted by Gasteiger charge is 2.29. The molecule has 2 aliphatic rings. The Morgan fingerprint density at radius 2 is 1.87 bits per heavy atom. The lowest BCUT2D eigenvalue weighted by atomic mass is 10.0. The first-order chi connectivity index (χ1) is 21.3. The number of rotatable bonds is 13. The molecular formula is C32H34ClN2O8S2+. The van der Waals surface area contributed by atoms with Gasteiger partial charge in [-0.3, -0.25) is 14.1 Å². The number of ether oxygens (including phenoxy) is 2. The number of hydrogen-bond acceptors (Lipinski definition) is 8. The minimum Gasteiger partial charge on any atom is -0.439 e. The Hall–Kier alpha value is -3.77. The second-order valence-corrected chi connectivity index (χ2v) is 14.1. The van der Waals surface area contributed by atoms with E-state index in [0.29, 0.717) is 28.8 Å². The number of benzene rings is 2. The fourth-order valence-corrected chi connectivity index (χ4v) is 5.40. The minimum atomic E-state index is -4.23. The summed E-state index contributed by atoms with van der Waals surface area (Å²) >= 11 is 5.98. The number of nitrogens with zero attached hydrogens (tertiary/aromatic N) is 2. The summed E-state index contributed by atoms with van der Waals surface area (Å²) < 4.78 is 76.7. The molecule has 0 saturated heterocycles. The quantitative estimate of drug-likeness (QED) is 0.0804. The lowest BCUT2D eigenvalue weighted by Gasteiger charge is -2.20. The third-order valence-electron chi connectivity index (χ3n) is 6.92. The maximum atomic E-state index is 11.8. The maximum absolute atomic E-state index is 11.8. The van der Waals surface area contributed by atoms with Crippen molar-refractivity contribution >= 4 is 43.4 Å². The summed E-state index contributed by atoms with van der Waals surface area (Å²) in [6, 6.07) is 15.6. The molecule has 238 valence electrons. The van der Waals surface area contributed by atoms with Gasteiger partial charge in [-0.15, -0.1) is 0 Å². The van der Waals surface area contributed by atoms with E-state index in [0.717, 1.165) is 22.4 Å². The summed E-state index contributed by atoms with van der Waals surface area (Å²) in [7, 11) is -8.37. The zero-order chi connectivity index (χ0) is 32.6. The third-order valence-corrected chi connectivity index (χ3v) is 9.21. The average molecular weight is 674 g/mol. The molecule has 0 saturated carbocycles. The lowest BCUT2D eigenvalue weighted by molar-refractivity contribution is 0.430. The molecule has 4 rings (SSSR count). The molecule has 1 aliphatic carbocycles. The van der Waals surface area contributed by atoms with E-state index in [1.807, 2.05) is 60.4 Å². The average Bonchev–Trinajstić information content (AvgIpc) is 3.34. The van der Waals surface area contributed by atoms with Crippen LogP contribution in [-0.4, -0.2) is 55.9 Å². The van der Waals surface area contributed by atoms with Crippen LogP contribution in [0.15, 0.2) is 106 Å². The Morgan fingerprint density at radius 3 is 2.51 bits per heavy atom. The Morgan fingerprint density at radius 1 is 1.11 bits per heavy atom. The van der Waals surface area contributed by atoms with Crippen LogP contribution in [0.3, 0.4) is 0 Å². The highest BCUT2D eigenvalue weighted by molar-refractivity contribution is 7.86. The van der Waals surface area contributed by atoms with E-state index in [9.17, 15) is 21.4 Å². The van der Waals surface area contributed by atoms with Crippen molar-refractivity contribution in [2.45, 2.75) is 38.4 Å². The molecule has 0 aromatic heterocycles. The molecule has 2 N–H and O–H groups in total. The van der Waals surface area contributed by atoms with Crippen molar-refractivity contribution in [3.8, 4) is 16.9 Å². The van der Waals surface area contributed by atoms with E-state index < -0.39 is 31.2 Å². The first-order valence-electron chi connectivity index (χ1n) is 14.2. The molecule has 0 amide bonds. The van der Waals surface area contributed by atoms with Gasteiger partial charge < -0.3 is 14.4 Å². The molecule has 1 unspecified atom stereocenters. The number of allylic oxidation sites excluding steroid dienone is 7. The number of anilines is 1. The van der Waals surface area contributed by atoms with E-state index in [2.05, 4.69) is 11.1 Å². The van der Waals surface area contributed by atoms with Gasteiger partial charge in [0.25, 0.3) is 26.0 Å². The summed E-state index contributed by atoms with van der Waals surface area (Å²) in [5.41, 5.74) is 3.43. The zero-order valence-electron chi connectivity index (χ0n) is 24.8. The van der Waals surface area contributed by atoms with Gasteiger partial charge in [-0.05, 0) is 55.0 Å². The molecule has 1 aliphatic heterocycles. The third kappa shape index (κ3) is 10.1. The van der Waals surface area contributed by atoms with Crippen molar-refractivity contribution in [3.63, 3.8) is 0 Å². The van der Waals surface area contributed by atoms with Gasteiger partial charge in [-0.25, -0.2) is 0 Å². The van der Waals surface area contributed by atoms with Gasteiger partial charge in [0.2, 0.25) is 11.8 Å². The van der Waals surface area contributed by atoms with Crippen molar-refractivity contribution in [3.05, 3.63) is 107 Å². The molecule has 0 bridgehead atoms. The lowest BCUT2D eigenvalue weighted by Crippen LogP contribution is -2.27. The molecule has 2 aromatic carbocycles. The van der Waals surface area contributed by atoms with Crippen molar-refractivity contribution in [2.24, 2.45) is 4.99 Å². The topological polar surface area (TPSA) is 143 Å². The van der Waals surface area contributed by atoms with Crippen LogP contribution in [0, 0.1) is 6.08 Å². The van der Waals surface area contributed by atoms with Crippen LogP contribution < -0.4 is 9.64 Å². The van der Waals surface area contributed by atoms with E-state index in [1.165, 1.54) is 13.0 Å². The summed E-state index contributed by atoms with van der Waals surface area (Å²) in [5, 5.41) is -0.521. The fourth-order valence-electron chi connectivity index (χ4n) is 4.38. The predicted octanol–water partition coefficient (Wildman–Crippen LogP) is 6.47. The summed E-state index contributed by atoms with van der Waals surface area (Å²) in [5.74, 6) is 1.09. The Bertz CT molecular complexity index is 1790. The second-order valence-electron chi connectivity index (χ2n) is 10.3. The molecule has 0 fully saturated rings. The van der Waals surface area contributed by atoms with Crippen LogP contribution in [0.5, 0.6) is 5.75 Å². The molecule has 0 spiro atoms. The van der Waals surface area contributed by atoms with Crippen LogP contribution in [-0.2, 0) is 25.0 Å². The van der Waals surface area contributed by atoms with Gasteiger partial charge in [0.05, 0.1) is 34.9 Å². The fraction of sp³-hybridized carbons (Fsp3) is 0.281. The number of fused-ring (bicyclic) bond motifs is 1. The standard InChI is InChI=1S/C32H33ClN2O8S2/c1-3-24(20-31(34-17-7-19-44(36,37)38)42-28-13-11-27(33)12-14-28)21-32-35(18-16-23(2)45(39,40)41)29-22-26(10-15-30(29)43-32)25-8-5-4-6-9-25/h4-6,8-13,15,20-23H,3,7,16-19H2,1-2H3,(H-,36,37,38,39,40,41)/p+1. The summed E-state index contributed by atoms with van der Waals surface area (Å²) in [6.45, 7) is 3.68. The van der Waals surface area contributed by atoms with Gasteiger partial charge in [-0.1, -0.05) is 43.3 Å². The predicted molar refractivity (Wildman–Crippen MR) is 176 cm³/mol. The first-order valence-corrected chi connectivity index (χ1v) is 17.7. The Kier molecular flexibility index (Phi) is 11.4. The Balaban J connectivity index is 1.68. The summed E-state index contributed by atoms with van der Waals surface area (Å²) in [6.07, 6.45) is 11.9. The SMILES string of the molecule is CCC(=CC(=NCCCS(=O)(=O)O)OC1=[C+]C=C(Cl)C=C1)C=C1Oc2ccc(-c3ccccc3)cc2N1CCC(C)S(=O)(=O)O. The molecule has 45 heavy (non-hydrogen) atoms. The zero-order valence-corrected chi connectivity index (χ0v) is 27.1. The first kappa shape index (κ1) is 34.1. The van der Waals surface area contributed by atoms with Gasteiger partial charge in [0, 0.05) is 36.8 Å². The second kappa shape index (κ2) is 15.0. The molecule has 0 radical (unpaired) electrons. The van der Waals surface area contributed by atoms with Gasteiger partial charge in [0.1, 0.15) is 6.08 Å².